The summed E-state index contributed by atoms with van der Waals surface area (Å²) < 4.78 is 6.77. The number of benzene rings is 2. The molecule has 2 aromatic carbocycles. The van der Waals surface area contributed by atoms with Crippen LogP contribution in [0.2, 0.25) is 10.0 Å². The summed E-state index contributed by atoms with van der Waals surface area (Å²) in [5.41, 5.74) is 2.51. The van der Waals surface area contributed by atoms with Crippen LogP contribution in [-0.2, 0) is 13.0 Å². The van der Waals surface area contributed by atoms with Crippen molar-refractivity contribution in [3.8, 4) is 5.75 Å². The summed E-state index contributed by atoms with van der Waals surface area (Å²) >= 11 is 12.5. The van der Waals surface area contributed by atoms with Crippen LogP contribution in [0.1, 0.15) is 16.8 Å². The maximum atomic E-state index is 12.7. The maximum absolute atomic E-state index is 12.7. The van der Waals surface area contributed by atoms with E-state index >= 15 is 0 Å². The van der Waals surface area contributed by atoms with Gasteiger partial charge in [0.25, 0.3) is 5.56 Å². The van der Waals surface area contributed by atoms with Gasteiger partial charge < -0.3 is 14.4 Å². The van der Waals surface area contributed by atoms with Gasteiger partial charge in [-0.05, 0) is 54.0 Å². The van der Waals surface area contributed by atoms with Crippen LogP contribution in [0, 0.1) is 0 Å². The fourth-order valence-electron chi connectivity index (χ4n) is 3.05. The quantitative estimate of drug-likeness (QED) is 0.477. The summed E-state index contributed by atoms with van der Waals surface area (Å²) in [6.07, 6.45) is 3.03. The third-order valence-electron chi connectivity index (χ3n) is 4.60. The molecule has 3 aromatic rings. The lowest BCUT2D eigenvalue weighted by Crippen LogP contribution is -2.24. The van der Waals surface area contributed by atoms with Crippen molar-refractivity contribution < 1.29 is 14.6 Å². The zero-order valence-electron chi connectivity index (χ0n) is 16.6. The van der Waals surface area contributed by atoms with Crippen LogP contribution in [0.5, 0.6) is 5.75 Å². The molecule has 0 aliphatic heterocycles. The molecule has 0 spiro atoms. The summed E-state index contributed by atoms with van der Waals surface area (Å²) in [5.74, 6) is 0.725. The van der Waals surface area contributed by atoms with E-state index in [1.165, 1.54) is 10.6 Å². The van der Waals surface area contributed by atoms with Crippen molar-refractivity contribution >= 4 is 47.1 Å². The molecule has 0 saturated heterocycles. The Labute approximate surface area is 189 Å². The number of hydrogen-bond donors (Lipinski definition) is 2. The van der Waals surface area contributed by atoms with Gasteiger partial charge in [-0.25, -0.2) is 4.79 Å². The Morgan fingerprint density at radius 2 is 1.84 bits per heavy atom. The number of amides is 1. The number of carboxylic acid groups (broad SMARTS) is 1. The summed E-state index contributed by atoms with van der Waals surface area (Å²) in [7, 11) is 1.60. The molecule has 8 heteroatoms. The van der Waals surface area contributed by atoms with E-state index < -0.39 is 6.09 Å². The molecular weight excluding hydrogens is 439 g/mol. The average Bonchev–Trinajstić information content (AvgIpc) is 2.75. The zero-order chi connectivity index (χ0) is 22.4. The minimum absolute atomic E-state index is 0.0459. The Bertz CT molecular complexity index is 1170. The molecule has 160 valence electrons. The highest BCUT2D eigenvalue weighted by atomic mass is 35.5. The van der Waals surface area contributed by atoms with Crippen molar-refractivity contribution in [2.24, 2.45) is 0 Å². The Morgan fingerprint density at radius 1 is 1.10 bits per heavy atom. The third-order valence-corrected chi connectivity index (χ3v) is 5.17. The van der Waals surface area contributed by atoms with Gasteiger partial charge in [0.15, 0.2) is 0 Å². The first kappa shape index (κ1) is 22.5. The van der Waals surface area contributed by atoms with Gasteiger partial charge in [0.1, 0.15) is 10.8 Å². The summed E-state index contributed by atoms with van der Waals surface area (Å²) in [5, 5.41) is 11.5. The van der Waals surface area contributed by atoms with Crippen LogP contribution < -0.4 is 15.6 Å². The maximum Gasteiger partial charge on any atom is 0.409 e. The molecule has 31 heavy (non-hydrogen) atoms. The lowest BCUT2D eigenvalue weighted by molar-refractivity contribution is 0.209. The first-order chi connectivity index (χ1) is 14.9. The second-order valence-corrected chi connectivity index (χ2v) is 7.48. The number of nitrogens with zero attached hydrogens (tertiary/aromatic N) is 1. The Morgan fingerprint density at radius 3 is 2.52 bits per heavy atom. The van der Waals surface area contributed by atoms with Crippen molar-refractivity contribution in [1.82, 2.24) is 4.57 Å². The monoisotopic (exact) mass is 458 g/mol. The molecule has 0 bridgehead atoms. The molecule has 6 nitrogen and oxygen atoms in total. The molecule has 1 heterocycles. The second kappa shape index (κ2) is 10.2. The van der Waals surface area contributed by atoms with Gasteiger partial charge in [-0.2, -0.15) is 0 Å². The van der Waals surface area contributed by atoms with E-state index in [4.69, 9.17) is 33.0 Å². The number of aromatic nitrogens is 1. The number of anilines is 1. The van der Waals surface area contributed by atoms with Crippen molar-refractivity contribution in [1.29, 1.82) is 0 Å². The van der Waals surface area contributed by atoms with Crippen molar-refractivity contribution in [3.63, 3.8) is 0 Å². The van der Waals surface area contributed by atoms with Crippen LogP contribution in [0.4, 0.5) is 10.5 Å². The van der Waals surface area contributed by atoms with Crippen LogP contribution in [0.3, 0.4) is 0 Å². The molecule has 0 unspecified atom stereocenters. The number of nitrogens with one attached hydrogen (secondary N) is 1. The SMILES string of the molecule is COc1cccc(C=Cc2c(Cl)cc(Cl)c(=O)n2CCc2ccc(NC(=O)O)cc2)c1. The zero-order valence-corrected chi connectivity index (χ0v) is 18.2. The molecular formula is C23H20Cl2N2O4. The van der Waals surface area contributed by atoms with Gasteiger partial charge in [0.2, 0.25) is 0 Å². The highest BCUT2D eigenvalue weighted by molar-refractivity contribution is 6.35. The Balaban J connectivity index is 1.86. The average molecular weight is 459 g/mol. The summed E-state index contributed by atoms with van der Waals surface area (Å²) in [4.78, 5) is 23.4. The van der Waals surface area contributed by atoms with E-state index in [1.807, 2.05) is 30.3 Å². The lowest BCUT2D eigenvalue weighted by Gasteiger charge is -2.13. The van der Waals surface area contributed by atoms with Gasteiger partial charge in [0.05, 0.1) is 17.8 Å². The highest BCUT2D eigenvalue weighted by Gasteiger charge is 2.11. The Hall–Kier alpha value is -3.22. The fourth-order valence-corrected chi connectivity index (χ4v) is 3.59. The second-order valence-electron chi connectivity index (χ2n) is 6.67. The number of ether oxygens (including phenoxy) is 1. The number of pyridine rings is 1. The normalized spacial score (nSPS) is 10.9. The largest absolute Gasteiger partial charge is 0.497 e. The number of hydrogen-bond acceptors (Lipinski definition) is 3. The van der Waals surface area contributed by atoms with E-state index in [-0.39, 0.29) is 10.6 Å². The fraction of sp³-hybridized carbons (Fsp3) is 0.130. The molecule has 0 fully saturated rings. The van der Waals surface area contributed by atoms with E-state index in [0.29, 0.717) is 29.4 Å². The molecule has 0 atom stereocenters. The molecule has 2 N–H and O–H groups in total. The van der Waals surface area contributed by atoms with Gasteiger partial charge in [-0.15, -0.1) is 0 Å². The first-order valence-electron chi connectivity index (χ1n) is 9.37. The van der Waals surface area contributed by atoms with Gasteiger partial charge in [-0.1, -0.05) is 53.5 Å². The van der Waals surface area contributed by atoms with Crippen LogP contribution in [-0.4, -0.2) is 22.9 Å². The molecule has 0 aliphatic rings. The van der Waals surface area contributed by atoms with E-state index in [0.717, 1.165) is 16.9 Å². The van der Waals surface area contributed by atoms with Crippen molar-refractivity contribution in [2.45, 2.75) is 13.0 Å². The van der Waals surface area contributed by atoms with Gasteiger partial charge >= 0.3 is 6.09 Å². The lowest BCUT2D eigenvalue weighted by atomic mass is 10.1. The molecule has 0 saturated carbocycles. The van der Waals surface area contributed by atoms with E-state index in [9.17, 15) is 9.59 Å². The first-order valence-corrected chi connectivity index (χ1v) is 10.1. The molecule has 3 rings (SSSR count). The van der Waals surface area contributed by atoms with Crippen LogP contribution in [0.15, 0.2) is 59.4 Å². The van der Waals surface area contributed by atoms with Crippen molar-refractivity contribution in [2.75, 3.05) is 12.4 Å². The number of aryl methyl sites for hydroxylation is 1. The van der Waals surface area contributed by atoms with E-state index in [1.54, 1.807) is 37.5 Å². The summed E-state index contributed by atoms with van der Waals surface area (Å²) in [6, 6.07) is 15.9. The highest BCUT2D eigenvalue weighted by Crippen LogP contribution is 2.22. The third kappa shape index (κ3) is 5.90. The van der Waals surface area contributed by atoms with E-state index in [2.05, 4.69) is 5.32 Å². The molecule has 1 amide bonds. The number of carbonyl (C=O) groups is 1. The van der Waals surface area contributed by atoms with Crippen LogP contribution >= 0.6 is 23.2 Å². The van der Waals surface area contributed by atoms with Gasteiger partial charge in [0, 0.05) is 12.2 Å². The standard InChI is InChI=1S/C23H20Cl2N2O4/c1-31-18-4-2-3-16(13-18)7-10-21-19(24)14-20(25)22(28)27(21)12-11-15-5-8-17(9-6-15)26-23(29)30/h2-10,13-14,26H,11-12H2,1H3,(H,29,30). The predicted octanol–water partition coefficient (Wildman–Crippen LogP) is 5.67. The Kier molecular flexibility index (Phi) is 7.39. The minimum atomic E-state index is -1.12. The van der Waals surface area contributed by atoms with Crippen LogP contribution in [0.25, 0.3) is 12.2 Å². The smallest absolute Gasteiger partial charge is 0.409 e. The van der Waals surface area contributed by atoms with Gasteiger partial charge in [-0.3, -0.25) is 10.1 Å². The molecule has 0 aliphatic carbocycles. The molecule has 0 radical (unpaired) electrons. The number of halogens is 2. The topological polar surface area (TPSA) is 80.6 Å². The minimum Gasteiger partial charge on any atom is -0.497 e. The number of methoxy groups -OCH3 is 1. The van der Waals surface area contributed by atoms with Crippen molar-refractivity contribution in [3.05, 3.63) is 91.8 Å². The predicted molar refractivity (Wildman–Crippen MR) is 124 cm³/mol. The molecule has 1 aromatic heterocycles. The summed E-state index contributed by atoms with van der Waals surface area (Å²) in [6.45, 7) is 0.350. The number of rotatable bonds is 7.